The minimum atomic E-state index is -0.826. The second-order valence-electron chi connectivity index (χ2n) is 2.37. The molecule has 0 saturated heterocycles. The molecule has 1 rings (SSSR count). The van der Waals surface area contributed by atoms with Crippen LogP contribution in [0, 0.1) is 18.6 Å². The number of halogens is 3. The van der Waals surface area contributed by atoms with Crippen molar-refractivity contribution in [1.82, 2.24) is 0 Å². The van der Waals surface area contributed by atoms with E-state index in [0.717, 1.165) is 0 Å². The molecule has 1 aromatic rings. The molecule has 1 nitrogen and oxygen atoms in total. The second kappa shape index (κ2) is 4.38. The number of aryl methyl sites for hydroxylation is 1. The summed E-state index contributed by atoms with van der Waals surface area (Å²) in [6.45, 7) is 1.54. The molecular weight excluding hydrogens is 184 g/mol. The maximum Gasteiger partial charge on any atom is 0.163 e. The van der Waals surface area contributed by atoms with E-state index in [1.54, 1.807) is 0 Å². The predicted octanol–water partition coefficient (Wildman–Crippen LogP) is 2.15. The van der Waals surface area contributed by atoms with Gasteiger partial charge in [-0.1, -0.05) is 12.1 Å². The highest BCUT2D eigenvalue weighted by Crippen LogP contribution is 2.14. The first-order chi connectivity index (χ1) is 5.16. The standard InChI is InChI=1S/C8H9F2N.ClH/c1-5-2-3-6(4-11)8(10)7(5)9;/h2-3H,4,11H2,1H3;1H. The molecule has 0 heterocycles. The summed E-state index contributed by atoms with van der Waals surface area (Å²) in [6, 6.07) is 3.01. The van der Waals surface area contributed by atoms with E-state index in [1.807, 2.05) is 0 Å². The van der Waals surface area contributed by atoms with E-state index in [-0.39, 0.29) is 24.5 Å². The van der Waals surface area contributed by atoms with Gasteiger partial charge in [0.25, 0.3) is 0 Å². The van der Waals surface area contributed by atoms with Gasteiger partial charge in [-0.15, -0.1) is 12.4 Å². The maximum absolute atomic E-state index is 12.8. The van der Waals surface area contributed by atoms with Crippen LogP contribution in [0.5, 0.6) is 0 Å². The summed E-state index contributed by atoms with van der Waals surface area (Å²) < 4.78 is 25.6. The topological polar surface area (TPSA) is 26.0 Å². The largest absolute Gasteiger partial charge is 0.326 e. The monoisotopic (exact) mass is 193 g/mol. The lowest BCUT2D eigenvalue weighted by Crippen LogP contribution is -2.02. The van der Waals surface area contributed by atoms with Gasteiger partial charge in [0, 0.05) is 12.1 Å². The van der Waals surface area contributed by atoms with Gasteiger partial charge < -0.3 is 5.73 Å². The molecule has 0 unspecified atom stereocenters. The van der Waals surface area contributed by atoms with Gasteiger partial charge in [0.15, 0.2) is 11.6 Å². The van der Waals surface area contributed by atoms with Gasteiger partial charge in [0.1, 0.15) is 0 Å². The van der Waals surface area contributed by atoms with E-state index >= 15 is 0 Å². The lowest BCUT2D eigenvalue weighted by atomic mass is 10.1. The highest BCUT2D eigenvalue weighted by atomic mass is 35.5. The van der Waals surface area contributed by atoms with Crippen LogP contribution in [0.1, 0.15) is 11.1 Å². The van der Waals surface area contributed by atoms with Crippen LogP contribution in [-0.2, 0) is 6.54 Å². The molecule has 4 heteroatoms. The van der Waals surface area contributed by atoms with Crippen LogP contribution in [0.15, 0.2) is 12.1 Å². The quantitative estimate of drug-likeness (QED) is 0.727. The summed E-state index contributed by atoms with van der Waals surface area (Å²) in [5, 5.41) is 0. The molecule has 0 atom stereocenters. The Morgan fingerprint density at radius 3 is 2.33 bits per heavy atom. The molecule has 0 fully saturated rings. The van der Waals surface area contributed by atoms with Crippen molar-refractivity contribution in [1.29, 1.82) is 0 Å². The maximum atomic E-state index is 12.8. The number of benzene rings is 1. The van der Waals surface area contributed by atoms with Crippen molar-refractivity contribution >= 4 is 12.4 Å². The van der Waals surface area contributed by atoms with E-state index in [1.165, 1.54) is 19.1 Å². The Balaban J connectivity index is 0.00000121. The van der Waals surface area contributed by atoms with E-state index in [4.69, 9.17) is 5.73 Å². The Labute approximate surface area is 76.0 Å². The van der Waals surface area contributed by atoms with Crippen molar-refractivity contribution in [3.63, 3.8) is 0 Å². The lowest BCUT2D eigenvalue weighted by Gasteiger charge is -2.01. The van der Waals surface area contributed by atoms with Gasteiger partial charge >= 0.3 is 0 Å². The first-order valence-electron chi connectivity index (χ1n) is 3.30. The molecule has 0 radical (unpaired) electrons. The molecule has 0 aliphatic rings. The van der Waals surface area contributed by atoms with Crippen molar-refractivity contribution in [3.05, 3.63) is 34.9 Å². The number of hydrogen-bond donors (Lipinski definition) is 1. The van der Waals surface area contributed by atoms with E-state index < -0.39 is 11.6 Å². The van der Waals surface area contributed by atoms with Crippen molar-refractivity contribution < 1.29 is 8.78 Å². The molecule has 0 aliphatic heterocycles. The van der Waals surface area contributed by atoms with Gasteiger partial charge in [-0.05, 0) is 12.5 Å². The second-order valence-corrected chi connectivity index (χ2v) is 2.37. The number of hydrogen-bond acceptors (Lipinski definition) is 1. The third kappa shape index (κ3) is 1.93. The number of rotatable bonds is 1. The van der Waals surface area contributed by atoms with Crippen LogP contribution < -0.4 is 5.73 Å². The van der Waals surface area contributed by atoms with Gasteiger partial charge in [-0.3, -0.25) is 0 Å². The minimum absolute atomic E-state index is 0. The Morgan fingerprint density at radius 1 is 1.25 bits per heavy atom. The van der Waals surface area contributed by atoms with Crippen LogP contribution in [0.3, 0.4) is 0 Å². The summed E-state index contributed by atoms with van der Waals surface area (Å²) in [6.07, 6.45) is 0. The third-order valence-electron chi connectivity index (χ3n) is 1.58. The fourth-order valence-corrected chi connectivity index (χ4v) is 0.844. The van der Waals surface area contributed by atoms with Gasteiger partial charge in [0.2, 0.25) is 0 Å². The summed E-state index contributed by atoms with van der Waals surface area (Å²) in [5.41, 5.74) is 5.68. The normalized spacial score (nSPS) is 9.33. The molecule has 68 valence electrons. The summed E-state index contributed by atoms with van der Waals surface area (Å²) in [5.74, 6) is -1.62. The summed E-state index contributed by atoms with van der Waals surface area (Å²) in [7, 11) is 0. The molecule has 0 aliphatic carbocycles. The van der Waals surface area contributed by atoms with E-state index in [9.17, 15) is 8.78 Å². The van der Waals surface area contributed by atoms with Crippen LogP contribution in [-0.4, -0.2) is 0 Å². The van der Waals surface area contributed by atoms with Crippen molar-refractivity contribution in [2.24, 2.45) is 5.73 Å². The highest BCUT2D eigenvalue weighted by Gasteiger charge is 2.08. The molecule has 0 amide bonds. The third-order valence-corrected chi connectivity index (χ3v) is 1.58. The summed E-state index contributed by atoms with van der Waals surface area (Å²) in [4.78, 5) is 0. The zero-order chi connectivity index (χ0) is 8.43. The molecule has 0 spiro atoms. The fourth-order valence-electron chi connectivity index (χ4n) is 0.844. The molecule has 12 heavy (non-hydrogen) atoms. The minimum Gasteiger partial charge on any atom is -0.326 e. The van der Waals surface area contributed by atoms with E-state index in [2.05, 4.69) is 0 Å². The molecule has 0 bridgehead atoms. The zero-order valence-electron chi connectivity index (χ0n) is 6.60. The van der Waals surface area contributed by atoms with Crippen LogP contribution >= 0.6 is 12.4 Å². The van der Waals surface area contributed by atoms with Gasteiger partial charge in [-0.2, -0.15) is 0 Å². The van der Waals surface area contributed by atoms with Crippen molar-refractivity contribution in [3.8, 4) is 0 Å². The van der Waals surface area contributed by atoms with E-state index in [0.29, 0.717) is 5.56 Å². The van der Waals surface area contributed by atoms with Crippen molar-refractivity contribution in [2.45, 2.75) is 13.5 Å². The molecule has 0 saturated carbocycles. The smallest absolute Gasteiger partial charge is 0.163 e. The summed E-state index contributed by atoms with van der Waals surface area (Å²) >= 11 is 0. The lowest BCUT2D eigenvalue weighted by molar-refractivity contribution is 0.494. The van der Waals surface area contributed by atoms with Crippen LogP contribution in [0.4, 0.5) is 8.78 Å². The molecular formula is C8H10ClF2N. The predicted molar refractivity (Wildman–Crippen MR) is 46.2 cm³/mol. The first-order valence-corrected chi connectivity index (χ1v) is 3.30. The van der Waals surface area contributed by atoms with Gasteiger partial charge in [0.05, 0.1) is 0 Å². The Kier molecular flexibility index (Phi) is 4.13. The zero-order valence-corrected chi connectivity index (χ0v) is 7.42. The SMILES string of the molecule is Cc1ccc(CN)c(F)c1F.Cl. The number of nitrogens with two attached hydrogens (primary N) is 1. The molecule has 2 N–H and O–H groups in total. The Hall–Kier alpha value is -0.670. The van der Waals surface area contributed by atoms with Gasteiger partial charge in [-0.25, -0.2) is 8.78 Å². The average molecular weight is 194 g/mol. The molecule has 1 aromatic carbocycles. The van der Waals surface area contributed by atoms with Crippen molar-refractivity contribution in [2.75, 3.05) is 0 Å². The Bertz CT molecular complexity index is 276. The van der Waals surface area contributed by atoms with Crippen LogP contribution in [0.2, 0.25) is 0 Å². The first kappa shape index (κ1) is 11.3. The Morgan fingerprint density at radius 2 is 1.83 bits per heavy atom. The average Bonchev–Trinajstić information content (AvgIpc) is 2.01. The van der Waals surface area contributed by atoms with Crippen LogP contribution in [0.25, 0.3) is 0 Å². The molecule has 0 aromatic heterocycles. The fraction of sp³-hybridized carbons (Fsp3) is 0.250. The highest BCUT2D eigenvalue weighted by molar-refractivity contribution is 5.85.